The summed E-state index contributed by atoms with van der Waals surface area (Å²) < 4.78 is 3.39. The fraction of sp³-hybridized carbons (Fsp3) is 0.333. The molecule has 0 bridgehead atoms. The first-order chi connectivity index (χ1) is 18.0. The molecule has 0 aliphatic carbocycles. The van der Waals surface area contributed by atoms with Crippen molar-refractivity contribution in [1.29, 1.82) is 0 Å². The smallest absolute Gasteiger partial charge is 0.305 e. The zero-order valence-corrected chi connectivity index (χ0v) is 22.4. The summed E-state index contributed by atoms with van der Waals surface area (Å²) in [4.78, 5) is 42.8. The first-order valence-corrected chi connectivity index (χ1v) is 12.8. The molecular weight excluding hydrogens is 480 g/mol. The summed E-state index contributed by atoms with van der Waals surface area (Å²) in [5.41, 5.74) is 5.88. The number of hydrogen-bond donors (Lipinski definition) is 2. The maximum Gasteiger partial charge on any atom is 0.305 e. The van der Waals surface area contributed by atoms with Gasteiger partial charge in [-0.25, -0.2) is 4.98 Å². The van der Waals surface area contributed by atoms with Crippen LogP contribution in [-0.2, 0) is 9.59 Å². The fourth-order valence-corrected chi connectivity index (χ4v) is 4.99. The highest BCUT2D eigenvalue weighted by Gasteiger charge is 2.27. The summed E-state index contributed by atoms with van der Waals surface area (Å²) >= 11 is 0. The number of benzene rings is 1. The minimum absolute atomic E-state index is 0.133. The van der Waals surface area contributed by atoms with Crippen LogP contribution in [0.25, 0.3) is 16.9 Å². The van der Waals surface area contributed by atoms with E-state index in [1.807, 2.05) is 69.5 Å². The van der Waals surface area contributed by atoms with Crippen LogP contribution in [0.4, 0.5) is 0 Å². The molecule has 4 aromatic rings. The number of aromatic nitrogens is 3. The summed E-state index contributed by atoms with van der Waals surface area (Å²) in [6.07, 6.45) is 5.32. The first-order valence-electron chi connectivity index (χ1n) is 12.8. The lowest BCUT2D eigenvalue weighted by molar-refractivity contribution is -0.138. The minimum Gasteiger partial charge on any atom is -0.481 e. The second-order valence-electron chi connectivity index (χ2n) is 10.4. The Morgan fingerprint density at radius 2 is 1.74 bits per heavy atom. The van der Waals surface area contributed by atoms with Crippen LogP contribution in [0.3, 0.4) is 0 Å². The molecule has 0 spiro atoms. The number of rotatable bonds is 9. The number of aryl methyl sites for hydroxylation is 3. The minimum atomic E-state index is -1.04. The predicted molar refractivity (Wildman–Crippen MR) is 147 cm³/mol. The maximum absolute atomic E-state index is 13.7. The van der Waals surface area contributed by atoms with Crippen LogP contribution in [0.2, 0.25) is 0 Å². The van der Waals surface area contributed by atoms with E-state index in [9.17, 15) is 19.5 Å². The van der Waals surface area contributed by atoms with Crippen molar-refractivity contribution < 1.29 is 14.7 Å². The zero-order chi connectivity index (χ0) is 27.6. The zero-order valence-electron chi connectivity index (χ0n) is 22.4. The van der Waals surface area contributed by atoms with Crippen LogP contribution in [0, 0.1) is 26.7 Å². The summed E-state index contributed by atoms with van der Waals surface area (Å²) in [5.74, 6) is -1.30. The van der Waals surface area contributed by atoms with Crippen molar-refractivity contribution in [3.63, 3.8) is 0 Å². The van der Waals surface area contributed by atoms with Gasteiger partial charge < -0.3 is 15.0 Å². The monoisotopic (exact) mass is 514 g/mol. The van der Waals surface area contributed by atoms with Crippen LogP contribution in [0.5, 0.6) is 0 Å². The van der Waals surface area contributed by atoms with Crippen molar-refractivity contribution in [2.24, 2.45) is 5.92 Å². The molecule has 0 radical (unpaired) electrons. The Balaban J connectivity index is 1.79. The molecule has 0 aliphatic rings. The van der Waals surface area contributed by atoms with Crippen molar-refractivity contribution >= 4 is 17.5 Å². The Kier molecular flexibility index (Phi) is 7.80. The molecule has 0 aliphatic heterocycles. The second kappa shape index (κ2) is 11.0. The van der Waals surface area contributed by atoms with E-state index in [4.69, 9.17) is 0 Å². The van der Waals surface area contributed by atoms with E-state index < -0.39 is 24.0 Å². The molecule has 2 N–H and O–H groups in total. The molecule has 3 heterocycles. The molecular formula is C30H34N4O4. The van der Waals surface area contributed by atoms with Crippen molar-refractivity contribution in [2.75, 3.05) is 0 Å². The SMILES string of the molecule is Cc1ccn(C(CC(C)C)C(=O)NC(CC(=O)O)c2cc(-c3c(C)cccc3C)n3ccnc3c2)c(=O)c1. The van der Waals surface area contributed by atoms with Gasteiger partial charge in [-0.05, 0) is 73.6 Å². The Bertz CT molecular complexity index is 1530. The average molecular weight is 515 g/mol. The largest absolute Gasteiger partial charge is 0.481 e. The number of carbonyl (C=O) groups is 2. The highest BCUT2D eigenvalue weighted by atomic mass is 16.4. The molecule has 2 atom stereocenters. The van der Waals surface area contributed by atoms with Crippen molar-refractivity contribution in [2.45, 2.75) is 59.5 Å². The molecule has 38 heavy (non-hydrogen) atoms. The number of aliphatic carboxylic acids is 1. The highest BCUT2D eigenvalue weighted by Crippen LogP contribution is 2.31. The van der Waals surface area contributed by atoms with Gasteiger partial charge in [0, 0.05) is 30.2 Å². The van der Waals surface area contributed by atoms with Crippen molar-refractivity contribution in [1.82, 2.24) is 19.3 Å². The molecule has 1 amide bonds. The van der Waals surface area contributed by atoms with E-state index in [0.29, 0.717) is 17.6 Å². The number of nitrogens with zero attached hydrogens (tertiary/aromatic N) is 3. The van der Waals surface area contributed by atoms with E-state index in [-0.39, 0.29) is 17.9 Å². The van der Waals surface area contributed by atoms with E-state index in [1.165, 1.54) is 10.6 Å². The van der Waals surface area contributed by atoms with Gasteiger partial charge in [0.05, 0.1) is 18.2 Å². The molecule has 0 saturated heterocycles. The van der Waals surface area contributed by atoms with Gasteiger partial charge in [-0.3, -0.25) is 18.8 Å². The van der Waals surface area contributed by atoms with Crippen LogP contribution >= 0.6 is 0 Å². The van der Waals surface area contributed by atoms with Crippen LogP contribution in [-0.4, -0.2) is 30.9 Å². The van der Waals surface area contributed by atoms with E-state index in [2.05, 4.69) is 10.3 Å². The highest BCUT2D eigenvalue weighted by molar-refractivity contribution is 5.82. The third kappa shape index (κ3) is 5.69. The van der Waals surface area contributed by atoms with Gasteiger partial charge in [-0.15, -0.1) is 0 Å². The number of carboxylic acids is 1. The Hall–Kier alpha value is -4.20. The van der Waals surface area contributed by atoms with Crippen LogP contribution in [0.1, 0.15) is 61.0 Å². The molecule has 8 nitrogen and oxygen atoms in total. The molecule has 3 aromatic heterocycles. The molecule has 1 aromatic carbocycles. The molecule has 4 rings (SSSR count). The van der Waals surface area contributed by atoms with Gasteiger partial charge >= 0.3 is 5.97 Å². The number of imidazole rings is 1. The van der Waals surface area contributed by atoms with E-state index in [1.54, 1.807) is 24.5 Å². The van der Waals surface area contributed by atoms with Gasteiger partial charge in [0.25, 0.3) is 5.56 Å². The topological polar surface area (TPSA) is 106 Å². The van der Waals surface area contributed by atoms with Gasteiger partial charge in [0.2, 0.25) is 5.91 Å². The quantitative estimate of drug-likeness (QED) is 0.327. The average Bonchev–Trinajstić information content (AvgIpc) is 3.31. The van der Waals surface area contributed by atoms with Crippen molar-refractivity contribution in [3.05, 3.63) is 93.7 Å². The van der Waals surface area contributed by atoms with Crippen LogP contribution in [0.15, 0.2) is 65.8 Å². The summed E-state index contributed by atoms with van der Waals surface area (Å²) in [6, 6.07) is 11.5. The maximum atomic E-state index is 13.7. The van der Waals surface area contributed by atoms with Gasteiger partial charge in [-0.2, -0.15) is 0 Å². The summed E-state index contributed by atoms with van der Waals surface area (Å²) in [5, 5.41) is 12.7. The van der Waals surface area contributed by atoms with E-state index >= 15 is 0 Å². The molecule has 2 unspecified atom stereocenters. The van der Waals surface area contributed by atoms with Gasteiger partial charge in [-0.1, -0.05) is 32.0 Å². The first kappa shape index (κ1) is 26.9. The Morgan fingerprint density at radius 3 is 2.37 bits per heavy atom. The number of carbonyl (C=O) groups excluding carboxylic acids is 1. The Morgan fingerprint density at radius 1 is 1.03 bits per heavy atom. The number of hydrogen-bond acceptors (Lipinski definition) is 4. The lowest BCUT2D eigenvalue weighted by atomic mass is 9.95. The number of fused-ring (bicyclic) bond motifs is 1. The number of amides is 1. The van der Waals surface area contributed by atoms with Gasteiger partial charge in [0.1, 0.15) is 11.7 Å². The van der Waals surface area contributed by atoms with Gasteiger partial charge in [0.15, 0.2) is 0 Å². The standard InChI is InChI=1S/C30H34N4O4/c1-18(2)13-25(34-11-9-19(3)14-27(34)35)30(38)32-23(17-28(36)37)22-15-24(33-12-10-31-26(33)16-22)29-20(4)7-6-8-21(29)5/h6-12,14-16,18,23,25H,13,17H2,1-5H3,(H,32,38)(H,36,37). The number of nitrogens with one attached hydrogen (secondary N) is 1. The van der Waals surface area contributed by atoms with Crippen molar-refractivity contribution in [3.8, 4) is 11.3 Å². The van der Waals surface area contributed by atoms with Crippen LogP contribution < -0.4 is 10.9 Å². The third-order valence-corrected chi connectivity index (χ3v) is 6.80. The number of pyridine rings is 2. The summed E-state index contributed by atoms with van der Waals surface area (Å²) in [7, 11) is 0. The lowest BCUT2D eigenvalue weighted by Crippen LogP contribution is -2.40. The summed E-state index contributed by atoms with van der Waals surface area (Å²) in [6.45, 7) is 9.86. The molecule has 0 fully saturated rings. The lowest BCUT2D eigenvalue weighted by Gasteiger charge is -2.25. The molecule has 0 saturated carbocycles. The Labute approximate surface area is 222 Å². The fourth-order valence-electron chi connectivity index (χ4n) is 4.99. The normalized spacial score (nSPS) is 13.0. The number of carboxylic acid groups (broad SMARTS) is 1. The molecule has 8 heteroatoms. The second-order valence-corrected chi connectivity index (χ2v) is 10.4. The van der Waals surface area contributed by atoms with E-state index in [0.717, 1.165) is 27.9 Å². The predicted octanol–water partition coefficient (Wildman–Crippen LogP) is 5.01. The third-order valence-electron chi connectivity index (χ3n) is 6.80. The molecule has 198 valence electrons.